The summed E-state index contributed by atoms with van der Waals surface area (Å²) in [5.41, 5.74) is -2.16. The van der Waals surface area contributed by atoms with E-state index in [1.807, 2.05) is 13.8 Å². The van der Waals surface area contributed by atoms with Gasteiger partial charge in [0.05, 0.1) is 29.0 Å². The van der Waals surface area contributed by atoms with Crippen LogP contribution < -0.4 is 0 Å². The van der Waals surface area contributed by atoms with Crippen molar-refractivity contribution in [2.75, 3.05) is 0 Å². The maximum absolute atomic E-state index is 12.4. The molecule has 0 aromatic carbocycles. The van der Waals surface area contributed by atoms with Gasteiger partial charge in [-0.25, -0.2) is 0 Å². The number of aliphatic hydroxyl groups excluding tert-OH is 2. The first-order chi connectivity index (χ1) is 8.44. The fraction of sp³-hybridized carbons (Fsp3) is 0.867. The van der Waals surface area contributed by atoms with Gasteiger partial charge in [-0.05, 0) is 26.2 Å². The molecule has 1 aliphatic carbocycles. The zero-order valence-electron chi connectivity index (χ0n) is 12.7. The lowest BCUT2D eigenvalue weighted by atomic mass is 9.56. The Labute approximate surface area is 115 Å². The van der Waals surface area contributed by atoms with E-state index in [4.69, 9.17) is 0 Å². The highest BCUT2D eigenvalue weighted by atomic mass is 16.3. The van der Waals surface area contributed by atoms with Gasteiger partial charge in [-0.15, -0.1) is 0 Å². The number of hydrogen-bond donors (Lipinski definition) is 2. The number of Topliss-reactive ketones (excluding diaryl/α,β-unsaturated/α-hetero) is 2. The van der Waals surface area contributed by atoms with Gasteiger partial charge in [0.1, 0.15) is 0 Å². The summed E-state index contributed by atoms with van der Waals surface area (Å²) in [5, 5.41) is 20.6. The van der Waals surface area contributed by atoms with E-state index in [-0.39, 0.29) is 17.5 Å². The molecule has 0 spiro atoms. The van der Waals surface area contributed by atoms with Crippen molar-refractivity contribution in [3.8, 4) is 0 Å². The van der Waals surface area contributed by atoms with Crippen LogP contribution in [0.1, 0.15) is 48.0 Å². The van der Waals surface area contributed by atoms with Crippen molar-refractivity contribution in [3.63, 3.8) is 0 Å². The second-order valence-corrected chi connectivity index (χ2v) is 7.21. The quantitative estimate of drug-likeness (QED) is 0.763. The van der Waals surface area contributed by atoms with Crippen LogP contribution in [0.25, 0.3) is 0 Å². The Morgan fingerprint density at radius 1 is 1.16 bits per heavy atom. The highest BCUT2D eigenvalue weighted by Gasteiger charge is 2.59. The van der Waals surface area contributed by atoms with Gasteiger partial charge in [-0.1, -0.05) is 27.7 Å². The van der Waals surface area contributed by atoms with E-state index in [1.54, 1.807) is 27.7 Å². The fourth-order valence-corrected chi connectivity index (χ4v) is 3.08. The van der Waals surface area contributed by atoms with Crippen LogP contribution in [-0.2, 0) is 9.59 Å². The Kier molecular flexibility index (Phi) is 4.28. The number of hydrogen-bond acceptors (Lipinski definition) is 4. The Bertz CT molecular complexity index is 382. The second kappa shape index (κ2) is 4.98. The zero-order chi connectivity index (χ0) is 15.2. The average Bonchev–Trinajstić information content (AvgIpc) is 2.25. The van der Waals surface area contributed by atoms with Gasteiger partial charge in [0, 0.05) is 0 Å². The third-order valence-corrected chi connectivity index (χ3v) is 4.28. The first-order valence-electron chi connectivity index (χ1n) is 6.89. The van der Waals surface area contributed by atoms with Crippen LogP contribution in [0.2, 0.25) is 0 Å². The smallest absolute Gasteiger partial charge is 0.154 e. The summed E-state index contributed by atoms with van der Waals surface area (Å²) < 4.78 is 0. The molecule has 4 nitrogen and oxygen atoms in total. The Morgan fingerprint density at radius 3 is 2.05 bits per heavy atom. The molecule has 3 atom stereocenters. The van der Waals surface area contributed by atoms with Crippen molar-refractivity contribution in [1.29, 1.82) is 0 Å². The molecule has 0 aliphatic heterocycles. The molecule has 4 heteroatoms. The molecule has 3 unspecified atom stereocenters. The Balaban J connectivity index is 3.17. The Morgan fingerprint density at radius 2 is 1.63 bits per heavy atom. The van der Waals surface area contributed by atoms with Gasteiger partial charge in [0.2, 0.25) is 0 Å². The molecule has 0 amide bonds. The third-order valence-electron chi connectivity index (χ3n) is 4.28. The average molecular weight is 270 g/mol. The number of carbonyl (C=O) groups excluding carboxylic acids is 2. The molecule has 0 aromatic rings. The van der Waals surface area contributed by atoms with E-state index in [0.717, 1.165) is 0 Å². The maximum atomic E-state index is 12.4. The lowest BCUT2D eigenvalue weighted by molar-refractivity contribution is -0.171. The summed E-state index contributed by atoms with van der Waals surface area (Å²) in [7, 11) is 0. The largest absolute Gasteiger partial charge is 0.392 e. The number of aliphatic hydroxyl groups is 2. The van der Waals surface area contributed by atoms with E-state index in [0.29, 0.717) is 6.42 Å². The highest BCUT2D eigenvalue weighted by Crippen LogP contribution is 2.45. The summed E-state index contributed by atoms with van der Waals surface area (Å²) >= 11 is 0. The van der Waals surface area contributed by atoms with Crippen molar-refractivity contribution in [2.45, 2.75) is 60.2 Å². The molecule has 1 rings (SSSR count). The predicted octanol–water partition coefficient (Wildman–Crippen LogP) is 1.57. The van der Waals surface area contributed by atoms with Crippen molar-refractivity contribution < 1.29 is 19.8 Å². The minimum Gasteiger partial charge on any atom is -0.392 e. The van der Waals surface area contributed by atoms with Crippen LogP contribution in [0.3, 0.4) is 0 Å². The van der Waals surface area contributed by atoms with Gasteiger partial charge < -0.3 is 10.2 Å². The molecule has 1 saturated carbocycles. The first-order valence-corrected chi connectivity index (χ1v) is 6.89. The summed E-state index contributed by atoms with van der Waals surface area (Å²) in [6, 6.07) is 0. The molecule has 0 bridgehead atoms. The normalized spacial score (nSPS) is 31.6. The first kappa shape index (κ1) is 16.3. The molecule has 1 fully saturated rings. The van der Waals surface area contributed by atoms with E-state index in [2.05, 4.69) is 0 Å². The van der Waals surface area contributed by atoms with Gasteiger partial charge >= 0.3 is 0 Å². The van der Waals surface area contributed by atoms with E-state index in [9.17, 15) is 19.8 Å². The van der Waals surface area contributed by atoms with Crippen LogP contribution in [0.15, 0.2) is 0 Å². The molecule has 19 heavy (non-hydrogen) atoms. The molecule has 0 aromatic heterocycles. The van der Waals surface area contributed by atoms with Crippen molar-refractivity contribution in [3.05, 3.63) is 0 Å². The van der Waals surface area contributed by atoms with Gasteiger partial charge in [0.15, 0.2) is 11.6 Å². The molecule has 0 saturated heterocycles. The molecule has 0 radical (unpaired) electrons. The van der Waals surface area contributed by atoms with Crippen molar-refractivity contribution in [1.82, 2.24) is 0 Å². The summed E-state index contributed by atoms with van der Waals surface area (Å²) in [4.78, 5) is 24.8. The SMILES string of the molecule is CC(C)CC(O)C1C(=O)C(C)(C)C(=O)C(C)(C)C1O. The van der Waals surface area contributed by atoms with Gasteiger partial charge in [-0.2, -0.15) is 0 Å². The molecule has 1 aliphatic rings. The lowest BCUT2D eigenvalue weighted by Gasteiger charge is -2.47. The topological polar surface area (TPSA) is 74.6 Å². The number of ketones is 2. The standard InChI is InChI=1S/C15H26O4/c1-8(2)7-9(16)10-11(17)14(3,4)13(19)15(5,6)12(10)18/h8-11,16-17H,7H2,1-6H3. The van der Waals surface area contributed by atoms with Crippen LogP contribution >= 0.6 is 0 Å². The minimum absolute atomic E-state index is 0.221. The Hall–Kier alpha value is -0.740. The zero-order valence-corrected chi connectivity index (χ0v) is 12.7. The van der Waals surface area contributed by atoms with Crippen LogP contribution in [0.5, 0.6) is 0 Å². The monoisotopic (exact) mass is 270 g/mol. The fourth-order valence-electron chi connectivity index (χ4n) is 3.08. The summed E-state index contributed by atoms with van der Waals surface area (Å²) in [6.07, 6.45) is -1.60. The second-order valence-electron chi connectivity index (χ2n) is 7.21. The van der Waals surface area contributed by atoms with Gasteiger partial charge in [-0.3, -0.25) is 9.59 Å². The highest BCUT2D eigenvalue weighted by molar-refractivity contribution is 6.12. The summed E-state index contributed by atoms with van der Waals surface area (Å²) in [6.45, 7) is 10.3. The van der Waals surface area contributed by atoms with E-state index in [1.165, 1.54) is 0 Å². The van der Waals surface area contributed by atoms with Crippen LogP contribution in [0.4, 0.5) is 0 Å². The molecular weight excluding hydrogens is 244 g/mol. The summed E-state index contributed by atoms with van der Waals surface area (Å²) in [5.74, 6) is -1.27. The van der Waals surface area contributed by atoms with Crippen molar-refractivity contribution in [2.24, 2.45) is 22.7 Å². The minimum atomic E-state index is -1.15. The van der Waals surface area contributed by atoms with Gasteiger partial charge in [0.25, 0.3) is 0 Å². The van der Waals surface area contributed by atoms with Crippen molar-refractivity contribution >= 4 is 11.6 Å². The maximum Gasteiger partial charge on any atom is 0.154 e. The predicted molar refractivity (Wildman–Crippen MR) is 72.5 cm³/mol. The van der Waals surface area contributed by atoms with Crippen LogP contribution in [0, 0.1) is 22.7 Å². The molecular formula is C15H26O4. The van der Waals surface area contributed by atoms with E-state index >= 15 is 0 Å². The number of carbonyl (C=O) groups is 2. The third kappa shape index (κ3) is 2.61. The number of rotatable bonds is 3. The molecule has 2 N–H and O–H groups in total. The lowest BCUT2D eigenvalue weighted by Crippen LogP contribution is -2.62. The van der Waals surface area contributed by atoms with Crippen LogP contribution in [-0.4, -0.2) is 34.0 Å². The van der Waals surface area contributed by atoms with E-state index < -0.39 is 29.0 Å². The molecule has 0 heterocycles. The molecule has 110 valence electrons.